The summed E-state index contributed by atoms with van der Waals surface area (Å²) in [5, 5.41) is 8.64. The van der Waals surface area contributed by atoms with Gasteiger partial charge in [-0.3, -0.25) is 14.3 Å². The van der Waals surface area contributed by atoms with Crippen LogP contribution < -0.4 is 10.7 Å². The summed E-state index contributed by atoms with van der Waals surface area (Å²) in [4.78, 5) is 29.2. The van der Waals surface area contributed by atoms with E-state index in [2.05, 4.69) is 21.5 Å². The zero-order valence-electron chi connectivity index (χ0n) is 16.5. The first-order valence-electron chi connectivity index (χ1n) is 9.88. The van der Waals surface area contributed by atoms with Crippen molar-refractivity contribution in [2.24, 2.45) is 0 Å². The highest BCUT2D eigenvalue weighted by molar-refractivity contribution is 7.21. The average molecular weight is 427 g/mol. The number of hydrogen-bond donors (Lipinski definition) is 1. The summed E-state index contributed by atoms with van der Waals surface area (Å²) in [6.45, 7) is 0.379. The second-order valence-electron chi connectivity index (χ2n) is 7.11. The van der Waals surface area contributed by atoms with Gasteiger partial charge in [-0.25, -0.2) is 4.98 Å². The number of carbonyl (C=O) groups is 1. The molecule has 6 nitrogen and oxygen atoms in total. The zero-order valence-corrected chi connectivity index (χ0v) is 17.3. The second-order valence-corrected chi connectivity index (χ2v) is 8.15. The number of amides is 1. The number of hydrogen-bond acceptors (Lipinski definition) is 5. The minimum absolute atomic E-state index is 0.119. The molecule has 3 aromatic carbocycles. The van der Waals surface area contributed by atoms with Crippen molar-refractivity contribution >= 4 is 44.1 Å². The molecule has 0 aliphatic carbocycles. The van der Waals surface area contributed by atoms with Crippen LogP contribution in [-0.4, -0.2) is 20.7 Å². The number of aromatic nitrogens is 3. The standard InChI is InChI=1S/C24H18N4O2S/c29-21-15-25-28(20-10-3-1-8-18(20)21)13-12-23(30)26-17-7-5-6-16(14-17)24-27-19-9-2-4-11-22(19)31-24/h1-11,14-15H,12-13H2,(H,26,30). The highest BCUT2D eigenvalue weighted by atomic mass is 32.1. The molecule has 0 atom stereocenters. The van der Waals surface area contributed by atoms with Crippen molar-refractivity contribution in [1.82, 2.24) is 14.8 Å². The molecule has 0 saturated heterocycles. The molecule has 0 bridgehead atoms. The first-order chi connectivity index (χ1) is 15.2. The molecule has 5 rings (SSSR count). The lowest BCUT2D eigenvalue weighted by molar-refractivity contribution is -0.116. The second kappa shape index (κ2) is 8.12. The number of fused-ring (bicyclic) bond motifs is 2. The lowest BCUT2D eigenvalue weighted by Gasteiger charge is -2.10. The molecule has 1 N–H and O–H groups in total. The van der Waals surface area contributed by atoms with E-state index < -0.39 is 0 Å². The first-order valence-corrected chi connectivity index (χ1v) is 10.7. The molecule has 0 spiro atoms. The van der Waals surface area contributed by atoms with Gasteiger partial charge in [0.15, 0.2) is 0 Å². The van der Waals surface area contributed by atoms with Crippen LogP contribution in [0.5, 0.6) is 0 Å². The van der Waals surface area contributed by atoms with Gasteiger partial charge in [-0.2, -0.15) is 5.10 Å². The van der Waals surface area contributed by atoms with E-state index in [1.54, 1.807) is 22.1 Å². The van der Waals surface area contributed by atoms with Crippen LogP contribution in [0.15, 0.2) is 83.8 Å². The van der Waals surface area contributed by atoms with Crippen LogP contribution in [0.4, 0.5) is 5.69 Å². The summed E-state index contributed by atoms with van der Waals surface area (Å²) < 4.78 is 2.82. The van der Waals surface area contributed by atoms with Crippen molar-refractivity contribution in [1.29, 1.82) is 0 Å². The fourth-order valence-electron chi connectivity index (χ4n) is 3.50. The Morgan fingerprint density at radius 2 is 1.84 bits per heavy atom. The molecule has 1 amide bonds. The summed E-state index contributed by atoms with van der Waals surface area (Å²) >= 11 is 1.63. The van der Waals surface area contributed by atoms with Crippen molar-refractivity contribution in [3.05, 3.63) is 89.2 Å². The highest BCUT2D eigenvalue weighted by Gasteiger charge is 2.09. The van der Waals surface area contributed by atoms with E-state index in [0.29, 0.717) is 11.9 Å². The molecule has 0 fully saturated rings. The van der Waals surface area contributed by atoms with E-state index >= 15 is 0 Å². The molecule has 152 valence electrons. The largest absolute Gasteiger partial charge is 0.326 e. The average Bonchev–Trinajstić information content (AvgIpc) is 3.24. The van der Waals surface area contributed by atoms with Crippen LogP contribution in [-0.2, 0) is 11.3 Å². The quantitative estimate of drug-likeness (QED) is 0.442. The Hall–Kier alpha value is -3.84. The molecule has 5 aromatic rings. The van der Waals surface area contributed by atoms with Gasteiger partial charge in [0.2, 0.25) is 11.3 Å². The van der Waals surface area contributed by atoms with Crippen LogP contribution in [0, 0.1) is 0 Å². The Labute approximate surface area is 181 Å². The fraction of sp³-hybridized carbons (Fsp3) is 0.0833. The maximum absolute atomic E-state index is 12.6. The van der Waals surface area contributed by atoms with Gasteiger partial charge in [-0.15, -0.1) is 11.3 Å². The number of thiazole rings is 1. The van der Waals surface area contributed by atoms with Crippen LogP contribution >= 0.6 is 11.3 Å². The Morgan fingerprint density at radius 1 is 1.00 bits per heavy atom. The molecule has 31 heavy (non-hydrogen) atoms. The molecule has 2 heterocycles. The van der Waals surface area contributed by atoms with Crippen LogP contribution in [0.1, 0.15) is 6.42 Å². The van der Waals surface area contributed by atoms with E-state index in [1.165, 1.54) is 6.20 Å². The number of para-hydroxylation sites is 2. The van der Waals surface area contributed by atoms with Crippen LogP contribution in [0.3, 0.4) is 0 Å². The van der Waals surface area contributed by atoms with Crippen molar-refractivity contribution in [2.45, 2.75) is 13.0 Å². The van der Waals surface area contributed by atoms with Gasteiger partial charge in [0, 0.05) is 23.1 Å². The predicted molar refractivity (Wildman–Crippen MR) is 124 cm³/mol. The van der Waals surface area contributed by atoms with Crippen molar-refractivity contribution in [2.75, 3.05) is 5.32 Å². The highest BCUT2D eigenvalue weighted by Crippen LogP contribution is 2.31. The first kappa shape index (κ1) is 19.1. The Kier molecular flexibility index (Phi) is 5.01. The number of anilines is 1. The maximum atomic E-state index is 12.6. The molecule has 0 unspecified atom stereocenters. The molecule has 2 aromatic heterocycles. The van der Waals surface area contributed by atoms with E-state index in [9.17, 15) is 9.59 Å². The third-order valence-electron chi connectivity index (χ3n) is 5.00. The summed E-state index contributed by atoms with van der Waals surface area (Å²) in [5.41, 5.74) is 3.26. The smallest absolute Gasteiger partial charge is 0.226 e. The fourth-order valence-corrected chi connectivity index (χ4v) is 4.46. The molecule has 0 aliphatic heterocycles. The van der Waals surface area contributed by atoms with Crippen LogP contribution in [0.25, 0.3) is 31.7 Å². The van der Waals surface area contributed by atoms with E-state index in [1.807, 2.05) is 60.7 Å². The summed E-state index contributed by atoms with van der Waals surface area (Å²) in [7, 11) is 0. The van der Waals surface area contributed by atoms with E-state index in [0.717, 1.165) is 32.0 Å². The molecule has 0 aliphatic rings. The monoisotopic (exact) mass is 426 g/mol. The summed E-state index contributed by atoms with van der Waals surface area (Å²) in [6, 6.07) is 23.0. The Morgan fingerprint density at radius 3 is 2.74 bits per heavy atom. The Balaban J connectivity index is 1.31. The minimum Gasteiger partial charge on any atom is -0.326 e. The third kappa shape index (κ3) is 3.95. The van der Waals surface area contributed by atoms with Gasteiger partial charge in [-0.05, 0) is 36.4 Å². The van der Waals surface area contributed by atoms with Gasteiger partial charge in [0.25, 0.3) is 0 Å². The number of nitrogens with zero attached hydrogens (tertiary/aromatic N) is 3. The number of nitrogens with one attached hydrogen (secondary N) is 1. The van der Waals surface area contributed by atoms with Gasteiger partial charge in [-0.1, -0.05) is 36.4 Å². The SMILES string of the molecule is O=C(CCn1ncc(=O)c2ccccc21)Nc1cccc(-c2nc3ccccc3s2)c1. The van der Waals surface area contributed by atoms with Crippen molar-refractivity contribution in [3.8, 4) is 10.6 Å². The summed E-state index contributed by atoms with van der Waals surface area (Å²) in [6.07, 6.45) is 1.53. The number of benzene rings is 3. The van der Waals surface area contributed by atoms with E-state index in [4.69, 9.17) is 0 Å². The maximum Gasteiger partial charge on any atom is 0.226 e. The minimum atomic E-state index is -0.122. The lowest BCUT2D eigenvalue weighted by atomic mass is 10.2. The normalized spacial score (nSPS) is 11.1. The van der Waals surface area contributed by atoms with Gasteiger partial charge < -0.3 is 5.32 Å². The topological polar surface area (TPSA) is 76.9 Å². The third-order valence-corrected chi connectivity index (χ3v) is 6.09. The van der Waals surface area contributed by atoms with Crippen LogP contribution in [0.2, 0.25) is 0 Å². The summed E-state index contributed by atoms with van der Waals surface area (Å²) in [5.74, 6) is -0.119. The Bertz CT molecular complexity index is 1440. The van der Waals surface area contributed by atoms with Crippen molar-refractivity contribution < 1.29 is 4.79 Å². The zero-order chi connectivity index (χ0) is 21.2. The molecule has 0 radical (unpaired) electrons. The van der Waals surface area contributed by atoms with Gasteiger partial charge in [0.1, 0.15) is 5.01 Å². The van der Waals surface area contributed by atoms with Gasteiger partial charge >= 0.3 is 0 Å². The molecule has 7 heteroatoms. The molecule has 0 saturated carbocycles. The number of carbonyl (C=O) groups excluding carboxylic acids is 1. The van der Waals surface area contributed by atoms with Gasteiger partial charge in [0.05, 0.1) is 28.5 Å². The predicted octanol–water partition coefficient (Wildman–Crippen LogP) is 4.70. The molecular formula is C24H18N4O2S. The molecular weight excluding hydrogens is 408 g/mol. The van der Waals surface area contributed by atoms with Crippen molar-refractivity contribution in [3.63, 3.8) is 0 Å². The lowest BCUT2D eigenvalue weighted by Crippen LogP contribution is -2.18. The van der Waals surface area contributed by atoms with E-state index in [-0.39, 0.29) is 17.8 Å². The number of aryl methyl sites for hydroxylation is 1. The number of rotatable bonds is 5.